The maximum Gasteiger partial charge on any atom is 0.317 e. The number of aromatic nitrogens is 2. The molecular weight excluding hydrogens is 218 g/mol. The number of nitrogens with zero attached hydrogens (tertiary/aromatic N) is 3. The molecule has 0 aliphatic rings. The van der Waals surface area contributed by atoms with Crippen LogP contribution in [0.5, 0.6) is 0 Å². The van der Waals surface area contributed by atoms with Gasteiger partial charge < -0.3 is 5.11 Å². The zero-order valence-corrected chi connectivity index (χ0v) is 10.8. The van der Waals surface area contributed by atoms with E-state index in [1.54, 1.807) is 6.20 Å². The zero-order valence-electron chi connectivity index (χ0n) is 10.8. The second-order valence-electron chi connectivity index (χ2n) is 4.60. The fourth-order valence-corrected chi connectivity index (χ4v) is 1.90. The molecule has 0 fully saturated rings. The van der Waals surface area contributed by atoms with Crippen LogP contribution < -0.4 is 0 Å². The van der Waals surface area contributed by atoms with Gasteiger partial charge in [-0.3, -0.25) is 14.4 Å². The van der Waals surface area contributed by atoms with Crippen LogP contribution in [0.2, 0.25) is 0 Å². The lowest BCUT2D eigenvalue weighted by Gasteiger charge is -2.22. The average molecular weight is 239 g/mol. The Morgan fingerprint density at radius 1 is 1.59 bits per heavy atom. The van der Waals surface area contributed by atoms with Crippen molar-refractivity contribution in [2.24, 2.45) is 5.92 Å². The van der Waals surface area contributed by atoms with Crippen LogP contribution in [0, 0.1) is 5.92 Å². The predicted octanol–water partition coefficient (Wildman–Crippen LogP) is 1.45. The van der Waals surface area contributed by atoms with Gasteiger partial charge in [-0.25, -0.2) is 0 Å². The summed E-state index contributed by atoms with van der Waals surface area (Å²) in [5.74, 6) is -0.333. The molecule has 1 aromatic rings. The highest BCUT2D eigenvalue weighted by Gasteiger charge is 2.13. The molecular formula is C12H21N3O2. The summed E-state index contributed by atoms with van der Waals surface area (Å²) in [7, 11) is 0. The molecule has 5 nitrogen and oxygen atoms in total. The smallest absolute Gasteiger partial charge is 0.317 e. The third-order valence-electron chi connectivity index (χ3n) is 2.47. The van der Waals surface area contributed by atoms with Crippen LogP contribution in [0.15, 0.2) is 12.3 Å². The first-order chi connectivity index (χ1) is 8.02. The SMILES string of the molecule is CCn1nccc1CN(CC(=O)O)CC(C)C. The second kappa shape index (κ2) is 6.39. The summed E-state index contributed by atoms with van der Waals surface area (Å²) in [6.07, 6.45) is 1.76. The summed E-state index contributed by atoms with van der Waals surface area (Å²) in [6.45, 7) is 8.51. The Balaban J connectivity index is 2.67. The van der Waals surface area contributed by atoms with E-state index in [1.807, 2.05) is 22.6 Å². The number of hydrogen-bond donors (Lipinski definition) is 1. The molecule has 0 unspecified atom stereocenters. The summed E-state index contributed by atoms with van der Waals surface area (Å²) >= 11 is 0. The van der Waals surface area contributed by atoms with Crippen molar-refractivity contribution in [2.75, 3.05) is 13.1 Å². The molecule has 0 aliphatic carbocycles. The Labute approximate surface area is 102 Å². The maximum atomic E-state index is 10.8. The summed E-state index contributed by atoms with van der Waals surface area (Å²) in [6, 6.07) is 1.94. The Kier molecular flexibility index (Phi) is 5.15. The van der Waals surface area contributed by atoms with Crippen LogP contribution in [0.1, 0.15) is 26.5 Å². The minimum atomic E-state index is -0.784. The van der Waals surface area contributed by atoms with Crippen molar-refractivity contribution in [2.45, 2.75) is 33.9 Å². The zero-order chi connectivity index (χ0) is 12.8. The van der Waals surface area contributed by atoms with Crippen molar-refractivity contribution in [1.82, 2.24) is 14.7 Å². The van der Waals surface area contributed by atoms with Gasteiger partial charge in [-0.2, -0.15) is 5.10 Å². The second-order valence-corrected chi connectivity index (χ2v) is 4.60. The summed E-state index contributed by atoms with van der Waals surface area (Å²) in [5.41, 5.74) is 1.06. The monoisotopic (exact) mass is 239 g/mol. The van der Waals surface area contributed by atoms with Crippen molar-refractivity contribution in [3.8, 4) is 0 Å². The van der Waals surface area contributed by atoms with Crippen molar-refractivity contribution in [3.05, 3.63) is 18.0 Å². The summed E-state index contributed by atoms with van der Waals surface area (Å²) in [5, 5.41) is 13.1. The van der Waals surface area contributed by atoms with Crippen LogP contribution >= 0.6 is 0 Å². The van der Waals surface area contributed by atoms with E-state index in [9.17, 15) is 4.79 Å². The molecule has 0 aromatic carbocycles. The van der Waals surface area contributed by atoms with E-state index < -0.39 is 5.97 Å². The van der Waals surface area contributed by atoms with Crippen LogP contribution in [-0.4, -0.2) is 38.8 Å². The normalized spacial score (nSPS) is 11.4. The van der Waals surface area contributed by atoms with Gasteiger partial charge in [0.25, 0.3) is 0 Å². The third-order valence-corrected chi connectivity index (χ3v) is 2.47. The van der Waals surface area contributed by atoms with Crippen molar-refractivity contribution < 1.29 is 9.90 Å². The first kappa shape index (κ1) is 13.7. The first-order valence-electron chi connectivity index (χ1n) is 5.97. The summed E-state index contributed by atoms with van der Waals surface area (Å²) < 4.78 is 1.90. The molecule has 0 aliphatic heterocycles. The highest BCUT2D eigenvalue weighted by molar-refractivity contribution is 5.69. The maximum absolute atomic E-state index is 10.8. The quantitative estimate of drug-likeness (QED) is 0.782. The van der Waals surface area contributed by atoms with Gasteiger partial charge in [-0.05, 0) is 18.9 Å². The van der Waals surface area contributed by atoms with E-state index in [2.05, 4.69) is 18.9 Å². The third kappa shape index (κ3) is 4.56. The van der Waals surface area contributed by atoms with Gasteiger partial charge in [0.1, 0.15) is 0 Å². The molecule has 1 aromatic heterocycles. The standard InChI is InChI=1S/C12H21N3O2/c1-4-15-11(5-6-13-15)8-14(7-10(2)3)9-12(16)17/h5-6,10H,4,7-9H2,1-3H3,(H,16,17). The molecule has 0 bridgehead atoms. The number of carboxylic acid groups (broad SMARTS) is 1. The molecule has 1 rings (SSSR count). The van der Waals surface area contributed by atoms with Crippen LogP contribution in [-0.2, 0) is 17.9 Å². The van der Waals surface area contributed by atoms with E-state index in [0.29, 0.717) is 12.5 Å². The minimum Gasteiger partial charge on any atom is -0.480 e. The van der Waals surface area contributed by atoms with Gasteiger partial charge in [0, 0.05) is 25.8 Å². The number of aliphatic carboxylic acids is 1. The van der Waals surface area contributed by atoms with Crippen LogP contribution in [0.25, 0.3) is 0 Å². The molecule has 5 heteroatoms. The Hall–Kier alpha value is -1.36. The van der Waals surface area contributed by atoms with Crippen LogP contribution in [0.3, 0.4) is 0 Å². The first-order valence-corrected chi connectivity index (χ1v) is 5.97. The Bertz CT molecular complexity index is 360. The lowest BCUT2D eigenvalue weighted by molar-refractivity contribution is -0.138. The summed E-state index contributed by atoms with van der Waals surface area (Å²) in [4.78, 5) is 12.8. The highest BCUT2D eigenvalue weighted by Crippen LogP contribution is 2.07. The van der Waals surface area contributed by atoms with Crippen molar-refractivity contribution >= 4 is 5.97 Å². The van der Waals surface area contributed by atoms with Gasteiger partial charge in [0.15, 0.2) is 0 Å². The van der Waals surface area contributed by atoms with Crippen molar-refractivity contribution in [1.29, 1.82) is 0 Å². The van der Waals surface area contributed by atoms with Crippen molar-refractivity contribution in [3.63, 3.8) is 0 Å². The average Bonchev–Trinajstić information content (AvgIpc) is 2.62. The molecule has 0 spiro atoms. The lowest BCUT2D eigenvalue weighted by atomic mass is 10.2. The molecule has 17 heavy (non-hydrogen) atoms. The topological polar surface area (TPSA) is 58.4 Å². The van der Waals surface area contributed by atoms with Gasteiger partial charge in [0.2, 0.25) is 0 Å². The largest absolute Gasteiger partial charge is 0.480 e. The Morgan fingerprint density at radius 3 is 2.82 bits per heavy atom. The number of carbonyl (C=O) groups is 1. The molecule has 1 N–H and O–H groups in total. The van der Waals surface area contributed by atoms with Gasteiger partial charge >= 0.3 is 5.97 Å². The van der Waals surface area contributed by atoms with E-state index in [1.165, 1.54) is 0 Å². The van der Waals surface area contributed by atoms with E-state index in [-0.39, 0.29) is 6.54 Å². The lowest BCUT2D eigenvalue weighted by Crippen LogP contribution is -2.33. The minimum absolute atomic E-state index is 0.0765. The predicted molar refractivity (Wildman–Crippen MR) is 65.7 cm³/mol. The van der Waals surface area contributed by atoms with E-state index in [0.717, 1.165) is 18.8 Å². The molecule has 0 atom stereocenters. The van der Waals surface area contributed by atoms with E-state index in [4.69, 9.17) is 5.11 Å². The number of aryl methyl sites for hydroxylation is 1. The molecule has 0 saturated carbocycles. The number of rotatable bonds is 7. The molecule has 0 saturated heterocycles. The fraction of sp³-hybridized carbons (Fsp3) is 0.667. The number of carboxylic acids is 1. The fourth-order valence-electron chi connectivity index (χ4n) is 1.90. The van der Waals surface area contributed by atoms with Gasteiger partial charge in [0.05, 0.1) is 12.2 Å². The Morgan fingerprint density at radius 2 is 2.29 bits per heavy atom. The van der Waals surface area contributed by atoms with Crippen LogP contribution in [0.4, 0.5) is 0 Å². The molecule has 0 radical (unpaired) electrons. The van der Waals surface area contributed by atoms with Gasteiger partial charge in [-0.15, -0.1) is 0 Å². The highest BCUT2D eigenvalue weighted by atomic mass is 16.4. The molecule has 96 valence electrons. The molecule has 0 amide bonds. The van der Waals surface area contributed by atoms with Gasteiger partial charge in [-0.1, -0.05) is 13.8 Å². The van der Waals surface area contributed by atoms with E-state index >= 15 is 0 Å². The molecule has 1 heterocycles. The number of hydrogen-bond acceptors (Lipinski definition) is 3.